The van der Waals surface area contributed by atoms with Crippen LogP contribution in [-0.4, -0.2) is 17.5 Å². The molecule has 2 heteroatoms. The van der Waals surface area contributed by atoms with Crippen molar-refractivity contribution in [3.63, 3.8) is 0 Å². The van der Waals surface area contributed by atoms with Crippen LogP contribution < -0.4 is 5.32 Å². The van der Waals surface area contributed by atoms with E-state index in [0.29, 0.717) is 17.5 Å². The van der Waals surface area contributed by atoms with E-state index in [1.54, 1.807) is 0 Å². The van der Waals surface area contributed by atoms with Crippen LogP contribution >= 0.6 is 11.8 Å². The van der Waals surface area contributed by atoms with Gasteiger partial charge in [-0.15, -0.1) is 0 Å². The van der Waals surface area contributed by atoms with Gasteiger partial charge < -0.3 is 5.32 Å². The summed E-state index contributed by atoms with van der Waals surface area (Å²) in [6.45, 7) is 9.46. The van der Waals surface area contributed by atoms with Crippen molar-refractivity contribution in [3.8, 4) is 0 Å². The molecule has 1 saturated heterocycles. The molecule has 1 heterocycles. The third kappa shape index (κ3) is 4.75. The Kier molecular flexibility index (Phi) is 6.19. The van der Waals surface area contributed by atoms with Crippen LogP contribution in [0.1, 0.15) is 58.6 Å². The second kappa shape index (κ2) is 7.69. The minimum absolute atomic E-state index is 0.468. The second-order valence-corrected chi connectivity index (χ2v) is 8.24. The van der Waals surface area contributed by atoms with Gasteiger partial charge in [0.2, 0.25) is 0 Å². The Hall–Kier alpha value is -0.470. The maximum atomic E-state index is 4.01. The summed E-state index contributed by atoms with van der Waals surface area (Å²) in [4.78, 5) is 0. The van der Waals surface area contributed by atoms with Gasteiger partial charge in [-0.05, 0) is 29.1 Å². The largest absolute Gasteiger partial charge is 0.306 e. The van der Waals surface area contributed by atoms with E-state index >= 15 is 0 Å². The molecule has 2 unspecified atom stereocenters. The number of rotatable bonds is 6. The van der Waals surface area contributed by atoms with Crippen molar-refractivity contribution >= 4 is 11.8 Å². The summed E-state index contributed by atoms with van der Waals surface area (Å²) in [6.07, 6.45) is 3.78. The molecule has 21 heavy (non-hydrogen) atoms. The van der Waals surface area contributed by atoms with E-state index in [9.17, 15) is 0 Å². The molecule has 1 nitrogen and oxygen atoms in total. The fraction of sp³-hybridized carbons (Fsp3) is 0.684. The lowest BCUT2D eigenvalue weighted by molar-refractivity contribution is 0.260. The molecule has 1 N–H and O–H groups in total. The number of hydrogen-bond acceptors (Lipinski definition) is 2. The van der Waals surface area contributed by atoms with Crippen LogP contribution in [0.4, 0.5) is 0 Å². The zero-order valence-corrected chi connectivity index (χ0v) is 14.9. The van der Waals surface area contributed by atoms with Gasteiger partial charge in [0.25, 0.3) is 0 Å². The molecule has 2 atom stereocenters. The summed E-state index contributed by atoms with van der Waals surface area (Å²) in [5.41, 5.74) is 1.93. The van der Waals surface area contributed by atoms with Gasteiger partial charge in [0.15, 0.2) is 0 Å². The molecule has 118 valence electrons. The Morgan fingerprint density at radius 2 is 1.86 bits per heavy atom. The molecule has 0 spiro atoms. The zero-order chi connectivity index (χ0) is 15.3. The molecule has 0 bridgehead atoms. The summed E-state index contributed by atoms with van der Waals surface area (Å²) in [5, 5.41) is 4.01. The van der Waals surface area contributed by atoms with Crippen molar-refractivity contribution in [1.29, 1.82) is 0 Å². The molecule has 0 amide bonds. The van der Waals surface area contributed by atoms with Gasteiger partial charge in [0.05, 0.1) is 0 Å². The lowest BCUT2D eigenvalue weighted by atomic mass is 9.85. The average molecular weight is 306 g/mol. The van der Waals surface area contributed by atoms with Crippen LogP contribution in [0.5, 0.6) is 0 Å². The Balaban J connectivity index is 2.12. The highest BCUT2D eigenvalue weighted by Crippen LogP contribution is 2.36. The Labute approximate surface area is 135 Å². The summed E-state index contributed by atoms with van der Waals surface area (Å²) in [6, 6.07) is 12.2. The molecular weight excluding hydrogens is 274 g/mol. The van der Waals surface area contributed by atoms with E-state index in [0.717, 1.165) is 5.92 Å². The summed E-state index contributed by atoms with van der Waals surface area (Å²) in [7, 11) is 0. The lowest BCUT2D eigenvalue weighted by Gasteiger charge is -2.39. The van der Waals surface area contributed by atoms with Crippen molar-refractivity contribution in [2.45, 2.75) is 59.0 Å². The first kappa shape index (κ1) is 16.9. The summed E-state index contributed by atoms with van der Waals surface area (Å²) in [5.74, 6) is 3.28. The summed E-state index contributed by atoms with van der Waals surface area (Å²) >= 11 is 2.11. The highest BCUT2D eigenvalue weighted by atomic mass is 32.2. The van der Waals surface area contributed by atoms with E-state index < -0.39 is 0 Å². The van der Waals surface area contributed by atoms with Crippen LogP contribution in [-0.2, 0) is 0 Å². The molecule has 0 saturated carbocycles. The van der Waals surface area contributed by atoms with Crippen molar-refractivity contribution in [1.82, 2.24) is 5.32 Å². The minimum Gasteiger partial charge on any atom is -0.306 e. The molecule has 0 radical (unpaired) electrons. The van der Waals surface area contributed by atoms with E-state index in [2.05, 4.69) is 75.1 Å². The predicted molar refractivity (Wildman–Crippen MR) is 95.9 cm³/mol. The third-order valence-corrected chi connectivity index (χ3v) is 6.33. The smallest absolute Gasteiger partial charge is 0.0351 e. The van der Waals surface area contributed by atoms with Crippen LogP contribution in [0, 0.1) is 11.3 Å². The molecule has 1 aromatic rings. The molecule has 1 aromatic carbocycles. The van der Waals surface area contributed by atoms with Crippen LogP contribution in [0.3, 0.4) is 0 Å². The highest BCUT2D eigenvalue weighted by molar-refractivity contribution is 7.99. The number of hydrogen-bond donors (Lipinski definition) is 1. The van der Waals surface area contributed by atoms with Crippen LogP contribution in [0.25, 0.3) is 0 Å². The van der Waals surface area contributed by atoms with Crippen molar-refractivity contribution in [3.05, 3.63) is 35.9 Å². The molecule has 2 rings (SSSR count). The normalized spacial score (nSPS) is 23.2. The fourth-order valence-corrected chi connectivity index (χ4v) is 4.84. The topological polar surface area (TPSA) is 12.0 Å². The monoisotopic (exact) mass is 305 g/mol. The molecule has 1 aliphatic rings. The minimum atomic E-state index is 0.468. The Morgan fingerprint density at radius 3 is 2.43 bits per heavy atom. The van der Waals surface area contributed by atoms with Gasteiger partial charge in [-0.3, -0.25) is 0 Å². The van der Waals surface area contributed by atoms with Gasteiger partial charge in [0.1, 0.15) is 0 Å². The molecular formula is C19H31NS. The molecule has 1 aliphatic heterocycles. The maximum absolute atomic E-state index is 4.01. The van der Waals surface area contributed by atoms with E-state index in [4.69, 9.17) is 0 Å². The van der Waals surface area contributed by atoms with Crippen molar-refractivity contribution < 1.29 is 0 Å². The van der Waals surface area contributed by atoms with Gasteiger partial charge in [0, 0.05) is 17.8 Å². The SMILES string of the molecule is CCC(CC)C(NC1CSCC(C)(C)C1)c1ccccc1. The lowest BCUT2D eigenvalue weighted by Crippen LogP contribution is -2.43. The van der Waals surface area contributed by atoms with E-state index in [1.807, 2.05) is 0 Å². The zero-order valence-electron chi connectivity index (χ0n) is 14.1. The Bertz CT molecular complexity index is 411. The van der Waals surface area contributed by atoms with Crippen molar-refractivity contribution in [2.24, 2.45) is 11.3 Å². The summed E-state index contributed by atoms with van der Waals surface area (Å²) < 4.78 is 0. The highest BCUT2D eigenvalue weighted by Gasteiger charge is 2.31. The van der Waals surface area contributed by atoms with Crippen LogP contribution in [0.2, 0.25) is 0 Å². The quantitative estimate of drug-likeness (QED) is 0.767. The number of benzene rings is 1. The first-order chi connectivity index (χ1) is 10.1. The van der Waals surface area contributed by atoms with Gasteiger partial charge in [-0.1, -0.05) is 70.9 Å². The average Bonchev–Trinajstić information content (AvgIpc) is 2.47. The van der Waals surface area contributed by atoms with Gasteiger partial charge in [-0.2, -0.15) is 11.8 Å². The molecule has 1 fully saturated rings. The van der Waals surface area contributed by atoms with Gasteiger partial charge >= 0.3 is 0 Å². The second-order valence-electron chi connectivity index (χ2n) is 7.21. The standard InChI is InChI=1S/C19H31NS/c1-5-15(6-2)18(16-10-8-7-9-11-16)20-17-12-19(3,4)14-21-13-17/h7-11,15,17-18,20H,5-6,12-14H2,1-4H3. The van der Waals surface area contributed by atoms with Gasteiger partial charge in [-0.25, -0.2) is 0 Å². The van der Waals surface area contributed by atoms with Crippen LogP contribution in [0.15, 0.2) is 30.3 Å². The van der Waals surface area contributed by atoms with Crippen molar-refractivity contribution in [2.75, 3.05) is 11.5 Å². The third-order valence-electron chi connectivity index (χ3n) is 4.70. The first-order valence-corrected chi connectivity index (χ1v) is 9.60. The van der Waals surface area contributed by atoms with E-state index in [1.165, 1.54) is 36.3 Å². The predicted octanol–water partition coefficient (Wildman–Crippen LogP) is 5.29. The number of thioether (sulfide) groups is 1. The van der Waals surface area contributed by atoms with E-state index in [-0.39, 0.29) is 0 Å². The maximum Gasteiger partial charge on any atom is 0.0351 e. The Morgan fingerprint density at radius 1 is 1.19 bits per heavy atom. The first-order valence-electron chi connectivity index (χ1n) is 8.44. The molecule has 0 aromatic heterocycles. The number of nitrogens with one attached hydrogen (secondary N) is 1. The fourth-order valence-electron chi connectivity index (χ4n) is 3.55. The molecule has 0 aliphatic carbocycles.